The highest BCUT2D eigenvalue weighted by molar-refractivity contribution is 5.81. The summed E-state index contributed by atoms with van der Waals surface area (Å²) in [5.74, 6) is 0.501. The van der Waals surface area contributed by atoms with E-state index in [1.54, 1.807) is 0 Å². The molecule has 4 nitrogen and oxygen atoms in total. The number of likely N-dealkylation sites (tertiary alicyclic amines) is 1. The molecule has 0 aromatic rings. The fraction of sp³-hybridized carbons (Fsp3) is 0.929. The van der Waals surface area contributed by atoms with Crippen molar-refractivity contribution in [2.75, 3.05) is 13.1 Å². The number of hydrogen-bond acceptors (Lipinski definition) is 3. The molecule has 1 aliphatic heterocycles. The number of nitrogens with zero attached hydrogens (tertiary/aromatic N) is 1. The van der Waals surface area contributed by atoms with Crippen molar-refractivity contribution in [3.63, 3.8) is 0 Å². The maximum Gasteiger partial charge on any atom is 0.237 e. The topological polar surface area (TPSA) is 52.6 Å². The van der Waals surface area contributed by atoms with Gasteiger partial charge in [-0.1, -0.05) is 6.42 Å². The van der Waals surface area contributed by atoms with E-state index in [-0.39, 0.29) is 18.1 Å². The molecule has 2 rings (SSSR count). The first-order valence-electron chi connectivity index (χ1n) is 7.36. The van der Waals surface area contributed by atoms with E-state index in [0.29, 0.717) is 18.5 Å². The molecule has 0 bridgehead atoms. The molecule has 18 heavy (non-hydrogen) atoms. The third-order valence-electron chi connectivity index (χ3n) is 4.60. The van der Waals surface area contributed by atoms with Crippen LogP contribution < -0.4 is 5.32 Å². The van der Waals surface area contributed by atoms with Crippen LogP contribution in [0.4, 0.5) is 0 Å². The average Bonchev–Trinajstić information content (AvgIpc) is 2.96. The second kappa shape index (κ2) is 6.02. The average molecular weight is 254 g/mol. The Morgan fingerprint density at radius 1 is 1.39 bits per heavy atom. The van der Waals surface area contributed by atoms with Crippen molar-refractivity contribution < 1.29 is 9.90 Å². The van der Waals surface area contributed by atoms with Crippen LogP contribution in [-0.2, 0) is 4.79 Å². The molecule has 1 amide bonds. The minimum atomic E-state index is -0.156. The van der Waals surface area contributed by atoms with Gasteiger partial charge >= 0.3 is 0 Å². The Kier molecular flexibility index (Phi) is 4.62. The smallest absolute Gasteiger partial charge is 0.237 e. The van der Waals surface area contributed by atoms with E-state index in [1.165, 1.54) is 0 Å². The zero-order valence-electron chi connectivity index (χ0n) is 11.6. The van der Waals surface area contributed by atoms with E-state index in [4.69, 9.17) is 0 Å². The molecule has 0 radical (unpaired) electrons. The summed E-state index contributed by atoms with van der Waals surface area (Å²) in [5.41, 5.74) is 0. The molecular weight excluding hydrogens is 228 g/mol. The predicted molar refractivity (Wildman–Crippen MR) is 71.2 cm³/mol. The quantitative estimate of drug-likeness (QED) is 0.791. The summed E-state index contributed by atoms with van der Waals surface area (Å²) in [6.07, 6.45) is 5.31. The lowest BCUT2D eigenvalue weighted by atomic mass is 9.93. The Balaban J connectivity index is 2.00. The summed E-state index contributed by atoms with van der Waals surface area (Å²) in [7, 11) is 0. The molecule has 1 saturated carbocycles. The number of carbonyl (C=O) groups excluding carboxylic acids is 1. The van der Waals surface area contributed by atoms with Crippen LogP contribution in [0.3, 0.4) is 0 Å². The van der Waals surface area contributed by atoms with E-state index >= 15 is 0 Å². The molecule has 1 heterocycles. The van der Waals surface area contributed by atoms with Gasteiger partial charge in [0.1, 0.15) is 0 Å². The van der Waals surface area contributed by atoms with Gasteiger partial charge in [-0.15, -0.1) is 0 Å². The van der Waals surface area contributed by atoms with Crippen molar-refractivity contribution >= 4 is 5.91 Å². The van der Waals surface area contributed by atoms with Gasteiger partial charge in [0.2, 0.25) is 5.91 Å². The monoisotopic (exact) mass is 254 g/mol. The number of hydrogen-bond donors (Lipinski definition) is 2. The van der Waals surface area contributed by atoms with Gasteiger partial charge in [-0.05, 0) is 46.1 Å². The van der Waals surface area contributed by atoms with Gasteiger partial charge in [-0.25, -0.2) is 0 Å². The number of rotatable bonds is 4. The molecule has 2 aliphatic rings. The number of amides is 1. The summed E-state index contributed by atoms with van der Waals surface area (Å²) >= 11 is 0. The molecule has 2 fully saturated rings. The van der Waals surface area contributed by atoms with Crippen LogP contribution in [0, 0.1) is 5.92 Å². The van der Waals surface area contributed by atoms with Crippen molar-refractivity contribution in [3.8, 4) is 0 Å². The molecule has 104 valence electrons. The maximum absolute atomic E-state index is 12.0. The second-order valence-corrected chi connectivity index (χ2v) is 5.68. The lowest BCUT2D eigenvalue weighted by molar-refractivity contribution is -0.126. The molecular formula is C14H26N2O2. The van der Waals surface area contributed by atoms with E-state index in [2.05, 4.69) is 10.2 Å². The Bertz CT molecular complexity index is 296. The highest BCUT2D eigenvalue weighted by Gasteiger charge is 2.40. The van der Waals surface area contributed by atoms with Crippen molar-refractivity contribution in [2.45, 2.75) is 64.1 Å². The third kappa shape index (κ3) is 2.69. The Labute approximate surface area is 110 Å². The lowest BCUT2D eigenvalue weighted by Gasteiger charge is -2.34. The minimum absolute atomic E-state index is 0.0646. The van der Waals surface area contributed by atoms with Gasteiger partial charge in [0, 0.05) is 18.5 Å². The standard InChI is InChI=1S/C14H26N2O2/c1-3-15-14(18)10(2)16-9-5-7-12(16)11-6-4-8-13(11)17/h10-13,17H,3-9H2,1-2H3,(H,15,18). The SMILES string of the molecule is CCNC(=O)C(C)N1CCCC1C1CCCC1O. The van der Waals surface area contributed by atoms with Gasteiger partial charge in [0.25, 0.3) is 0 Å². The third-order valence-corrected chi connectivity index (χ3v) is 4.60. The molecule has 4 atom stereocenters. The van der Waals surface area contributed by atoms with Crippen molar-refractivity contribution in [2.24, 2.45) is 5.92 Å². The first-order chi connectivity index (χ1) is 8.65. The zero-order valence-corrected chi connectivity index (χ0v) is 11.6. The van der Waals surface area contributed by atoms with Gasteiger partial charge in [-0.2, -0.15) is 0 Å². The minimum Gasteiger partial charge on any atom is -0.393 e. The second-order valence-electron chi connectivity index (χ2n) is 5.68. The summed E-state index contributed by atoms with van der Waals surface area (Å²) in [4.78, 5) is 14.3. The van der Waals surface area contributed by atoms with Gasteiger partial charge in [0.15, 0.2) is 0 Å². The highest BCUT2D eigenvalue weighted by atomic mass is 16.3. The molecule has 0 aromatic carbocycles. The molecule has 1 saturated heterocycles. The highest BCUT2D eigenvalue weighted by Crippen LogP contribution is 2.36. The normalized spacial score (nSPS) is 34.7. The van der Waals surface area contributed by atoms with Gasteiger partial charge in [-0.3, -0.25) is 9.69 Å². The fourth-order valence-corrected chi connectivity index (χ4v) is 3.65. The van der Waals surface area contributed by atoms with Crippen LogP contribution in [0.5, 0.6) is 0 Å². The van der Waals surface area contributed by atoms with Crippen LogP contribution in [0.25, 0.3) is 0 Å². The van der Waals surface area contributed by atoms with Crippen LogP contribution in [0.15, 0.2) is 0 Å². The molecule has 4 heteroatoms. The van der Waals surface area contributed by atoms with Crippen LogP contribution in [0.2, 0.25) is 0 Å². The van der Waals surface area contributed by atoms with Gasteiger partial charge in [0.05, 0.1) is 12.1 Å². The van der Waals surface area contributed by atoms with E-state index in [9.17, 15) is 9.90 Å². The summed E-state index contributed by atoms with van der Waals surface area (Å²) in [6.45, 7) is 5.62. The largest absolute Gasteiger partial charge is 0.393 e. The number of aliphatic hydroxyl groups excluding tert-OH is 1. The van der Waals surface area contributed by atoms with Gasteiger partial charge < -0.3 is 10.4 Å². The van der Waals surface area contributed by atoms with E-state index in [0.717, 1.165) is 38.6 Å². The van der Waals surface area contributed by atoms with Crippen LogP contribution >= 0.6 is 0 Å². The number of nitrogens with one attached hydrogen (secondary N) is 1. The fourth-order valence-electron chi connectivity index (χ4n) is 3.65. The maximum atomic E-state index is 12.0. The number of aliphatic hydroxyl groups is 1. The number of carbonyl (C=O) groups is 1. The Morgan fingerprint density at radius 3 is 2.78 bits per heavy atom. The predicted octanol–water partition coefficient (Wildman–Crippen LogP) is 1.14. The molecule has 1 aliphatic carbocycles. The summed E-state index contributed by atoms with van der Waals surface area (Å²) < 4.78 is 0. The molecule has 4 unspecified atom stereocenters. The molecule has 0 spiro atoms. The Hall–Kier alpha value is -0.610. The number of likely N-dealkylation sites (N-methyl/N-ethyl adjacent to an activating group) is 1. The first-order valence-corrected chi connectivity index (χ1v) is 7.36. The summed E-state index contributed by atoms with van der Waals surface area (Å²) in [6, 6.07) is 0.338. The zero-order chi connectivity index (χ0) is 13.1. The molecule has 0 aromatic heterocycles. The van der Waals surface area contributed by atoms with E-state index in [1.807, 2.05) is 13.8 Å². The molecule has 2 N–H and O–H groups in total. The van der Waals surface area contributed by atoms with Crippen molar-refractivity contribution in [1.82, 2.24) is 10.2 Å². The van der Waals surface area contributed by atoms with Crippen LogP contribution in [0.1, 0.15) is 46.0 Å². The van der Waals surface area contributed by atoms with E-state index < -0.39 is 0 Å². The van der Waals surface area contributed by atoms with Crippen LogP contribution in [-0.4, -0.2) is 47.2 Å². The van der Waals surface area contributed by atoms with Crippen molar-refractivity contribution in [1.29, 1.82) is 0 Å². The summed E-state index contributed by atoms with van der Waals surface area (Å²) in [5, 5.41) is 13.0. The lowest BCUT2D eigenvalue weighted by Crippen LogP contribution is -2.50. The van der Waals surface area contributed by atoms with Crippen molar-refractivity contribution in [3.05, 3.63) is 0 Å². The first kappa shape index (κ1) is 13.8. The Morgan fingerprint density at radius 2 is 2.17 bits per heavy atom.